The van der Waals surface area contributed by atoms with Gasteiger partial charge in [0, 0.05) is 47.6 Å². The molecule has 1 aromatic carbocycles. The van der Waals surface area contributed by atoms with Crippen LogP contribution in [0, 0.1) is 17.0 Å². The second-order valence-electron chi connectivity index (χ2n) is 6.57. The molecule has 0 radical (unpaired) electrons. The van der Waals surface area contributed by atoms with Crippen LogP contribution in [0.1, 0.15) is 36.0 Å². The number of nitrogens with zero attached hydrogens (tertiary/aromatic N) is 5. The highest BCUT2D eigenvalue weighted by Crippen LogP contribution is 2.36. The van der Waals surface area contributed by atoms with Crippen molar-refractivity contribution >= 4 is 22.8 Å². The summed E-state index contributed by atoms with van der Waals surface area (Å²) in [4.78, 5) is 26.8. The van der Waals surface area contributed by atoms with Crippen molar-refractivity contribution in [1.82, 2.24) is 15.0 Å². The molecular weight excluding hydrogens is 362 g/mol. The Hall–Kier alpha value is -2.87. The first-order valence-corrected chi connectivity index (χ1v) is 9.76. The van der Waals surface area contributed by atoms with Crippen LogP contribution in [0.3, 0.4) is 0 Å². The Kier molecular flexibility index (Phi) is 4.81. The summed E-state index contributed by atoms with van der Waals surface area (Å²) in [7, 11) is 0. The number of anilines is 1. The number of hydrogen-bond donors (Lipinski definition) is 0. The first-order valence-electron chi connectivity index (χ1n) is 8.88. The van der Waals surface area contributed by atoms with Crippen LogP contribution in [-0.2, 0) is 0 Å². The van der Waals surface area contributed by atoms with E-state index in [1.165, 1.54) is 18.6 Å². The highest BCUT2D eigenvalue weighted by molar-refractivity contribution is 7.09. The van der Waals surface area contributed by atoms with Crippen LogP contribution < -0.4 is 4.90 Å². The van der Waals surface area contributed by atoms with Crippen molar-refractivity contribution in [1.29, 1.82) is 0 Å². The van der Waals surface area contributed by atoms with Gasteiger partial charge in [-0.2, -0.15) is 0 Å². The summed E-state index contributed by atoms with van der Waals surface area (Å²) in [5, 5.41) is 14.2. The Morgan fingerprint density at radius 1 is 1.26 bits per heavy atom. The highest BCUT2D eigenvalue weighted by Gasteiger charge is 2.27. The van der Waals surface area contributed by atoms with Crippen molar-refractivity contribution in [3.05, 3.63) is 62.7 Å². The van der Waals surface area contributed by atoms with E-state index < -0.39 is 4.92 Å². The minimum atomic E-state index is -0.399. The molecule has 1 aliphatic heterocycles. The molecule has 4 rings (SSSR count). The molecule has 1 saturated heterocycles. The van der Waals surface area contributed by atoms with Crippen LogP contribution in [0.25, 0.3) is 11.4 Å². The van der Waals surface area contributed by atoms with Gasteiger partial charge in [0.2, 0.25) is 0 Å². The maximum Gasteiger partial charge on any atom is 0.270 e. The second kappa shape index (κ2) is 7.40. The van der Waals surface area contributed by atoms with E-state index in [4.69, 9.17) is 4.98 Å². The maximum atomic E-state index is 11.1. The van der Waals surface area contributed by atoms with Crippen LogP contribution in [0.4, 0.5) is 11.5 Å². The number of rotatable bonds is 4. The number of non-ortho nitro benzene ring substituents is 1. The van der Waals surface area contributed by atoms with Crippen LogP contribution in [0.15, 0.2) is 41.9 Å². The molecule has 0 bridgehead atoms. The lowest BCUT2D eigenvalue weighted by molar-refractivity contribution is -0.384. The summed E-state index contributed by atoms with van der Waals surface area (Å²) in [5.74, 6) is 1.36. The number of nitro benzene ring substituents is 1. The van der Waals surface area contributed by atoms with Crippen molar-refractivity contribution in [3.8, 4) is 11.4 Å². The van der Waals surface area contributed by atoms with E-state index in [-0.39, 0.29) is 11.7 Å². The largest absolute Gasteiger partial charge is 0.347 e. The van der Waals surface area contributed by atoms with Crippen molar-refractivity contribution in [2.24, 2.45) is 0 Å². The molecule has 1 aliphatic rings. The quantitative estimate of drug-likeness (QED) is 0.487. The molecule has 0 amide bonds. The molecule has 0 aliphatic carbocycles. The van der Waals surface area contributed by atoms with E-state index in [1.807, 2.05) is 24.6 Å². The van der Waals surface area contributed by atoms with Gasteiger partial charge in [-0.05, 0) is 26.2 Å². The molecule has 1 fully saturated rings. The fourth-order valence-electron chi connectivity index (χ4n) is 3.45. The molecule has 8 heteroatoms. The number of nitro groups is 1. The molecule has 1 unspecified atom stereocenters. The Labute approximate surface area is 160 Å². The lowest BCUT2D eigenvalue weighted by atomic mass is 10.0. The lowest BCUT2D eigenvalue weighted by Crippen LogP contribution is -2.34. The van der Waals surface area contributed by atoms with E-state index in [0.29, 0.717) is 11.4 Å². The molecule has 3 aromatic rings. The zero-order chi connectivity index (χ0) is 18.8. The molecule has 7 nitrogen and oxygen atoms in total. The molecule has 0 saturated carbocycles. The second-order valence-corrected chi connectivity index (χ2v) is 7.50. The standard InChI is InChI=1S/C19H19N5O2S/c1-13-11-17(23-9-3-2-7-16(23)19-20-8-10-27-19)22-18(21-13)14-5-4-6-15(12-14)24(25)26/h4-6,8,10-12,16H,2-3,7,9H2,1H3. The molecular formula is C19H19N5O2S. The van der Waals surface area contributed by atoms with Gasteiger partial charge in [-0.25, -0.2) is 15.0 Å². The van der Waals surface area contributed by atoms with Crippen molar-refractivity contribution in [2.75, 3.05) is 11.4 Å². The van der Waals surface area contributed by atoms with E-state index in [0.717, 1.165) is 35.9 Å². The first-order chi connectivity index (χ1) is 13.1. The zero-order valence-corrected chi connectivity index (χ0v) is 15.7. The maximum absolute atomic E-state index is 11.1. The van der Waals surface area contributed by atoms with Crippen LogP contribution in [-0.4, -0.2) is 26.4 Å². The van der Waals surface area contributed by atoms with Gasteiger partial charge in [0.05, 0.1) is 11.0 Å². The van der Waals surface area contributed by atoms with Crippen LogP contribution in [0.2, 0.25) is 0 Å². The SMILES string of the molecule is Cc1cc(N2CCCCC2c2nccs2)nc(-c2cccc([N+](=O)[O-])c2)n1. The van der Waals surface area contributed by atoms with Gasteiger partial charge in [-0.15, -0.1) is 11.3 Å². The Balaban J connectivity index is 1.74. The number of aryl methyl sites for hydroxylation is 1. The van der Waals surface area contributed by atoms with Crippen LogP contribution >= 0.6 is 11.3 Å². The average molecular weight is 381 g/mol. The minimum absolute atomic E-state index is 0.0396. The molecule has 3 heterocycles. The predicted molar refractivity (Wildman–Crippen MR) is 105 cm³/mol. The van der Waals surface area contributed by atoms with Crippen molar-refractivity contribution in [2.45, 2.75) is 32.2 Å². The van der Waals surface area contributed by atoms with Gasteiger partial charge in [0.15, 0.2) is 5.82 Å². The van der Waals surface area contributed by atoms with Gasteiger partial charge in [-0.1, -0.05) is 12.1 Å². The topological polar surface area (TPSA) is 85.0 Å². The van der Waals surface area contributed by atoms with Crippen molar-refractivity contribution in [3.63, 3.8) is 0 Å². The lowest BCUT2D eigenvalue weighted by Gasteiger charge is -2.35. The summed E-state index contributed by atoms with van der Waals surface area (Å²) >= 11 is 1.67. The number of thiazole rings is 1. The Morgan fingerprint density at radius 2 is 2.15 bits per heavy atom. The van der Waals surface area contributed by atoms with Crippen molar-refractivity contribution < 1.29 is 4.92 Å². The minimum Gasteiger partial charge on any atom is -0.347 e. The Morgan fingerprint density at radius 3 is 2.93 bits per heavy atom. The first kappa shape index (κ1) is 17.5. The molecule has 0 spiro atoms. The highest BCUT2D eigenvalue weighted by atomic mass is 32.1. The van der Waals surface area contributed by atoms with Gasteiger partial charge in [-0.3, -0.25) is 10.1 Å². The van der Waals surface area contributed by atoms with E-state index in [1.54, 1.807) is 23.5 Å². The summed E-state index contributed by atoms with van der Waals surface area (Å²) in [5.41, 5.74) is 1.53. The van der Waals surface area contributed by atoms with E-state index in [2.05, 4.69) is 14.9 Å². The monoisotopic (exact) mass is 381 g/mol. The number of benzene rings is 1. The summed E-state index contributed by atoms with van der Waals surface area (Å²) in [6, 6.07) is 8.66. The fraction of sp³-hybridized carbons (Fsp3) is 0.316. The molecule has 0 N–H and O–H groups in total. The normalized spacial score (nSPS) is 17.1. The number of hydrogen-bond acceptors (Lipinski definition) is 7. The smallest absolute Gasteiger partial charge is 0.270 e. The molecule has 1 atom stereocenters. The fourth-order valence-corrected chi connectivity index (χ4v) is 4.23. The summed E-state index contributed by atoms with van der Waals surface area (Å²) in [6.07, 6.45) is 5.16. The molecule has 2 aromatic heterocycles. The van der Waals surface area contributed by atoms with Crippen LogP contribution in [0.5, 0.6) is 0 Å². The van der Waals surface area contributed by atoms with Gasteiger partial charge < -0.3 is 4.90 Å². The van der Waals surface area contributed by atoms with Gasteiger partial charge in [0.25, 0.3) is 5.69 Å². The van der Waals surface area contributed by atoms with Gasteiger partial charge in [0.1, 0.15) is 10.8 Å². The molecule has 27 heavy (non-hydrogen) atoms. The third-order valence-corrected chi connectivity index (χ3v) is 5.57. The third-order valence-electron chi connectivity index (χ3n) is 4.69. The summed E-state index contributed by atoms with van der Waals surface area (Å²) in [6.45, 7) is 2.84. The number of piperidine rings is 1. The Bertz CT molecular complexity index is 960. The van der Waals surface area contributed by atoms with Gasteiger partial charge >= 0.3 is 0 Å². The third kappa shape index (κ3) is 3.66. The predicted octanol–water partition coefficient (Wildman–Crippen LogP) is 4.55. The van der Waals surface area contributed by atoms with E-state index >= 15 is 0 Å². The summed E-state index contributed by atoms with van der Waals surface area (Å²) < 4.78 is 0. The number of aromatic nitrogens is 3. The average Bonchev–Trinajstić information content (AvgIpc) is 3.22. The molecule has 138 valence electrons. The zero-order valence-electron chi connectivity index (χ0n) is 14.9. The van der Waals surface area contributed by atoms with E-state index in [9.17, 15) is 10.1 Å².